The first-order valence-electron chi connectivity index (χ1n) is 8.27. The van der Waals surface area contributed by atoms with E-state index >= 15 is 0 Å². The maximum atomic E-state index is 12.6. The first-order valence-corrected chi connectivity index (χ1v) is 8.27. The van der Waals surface area contributed by atoms with Gasteiger partial charge in [0.1, 0.15) is 0 Å². The Bertz CT molecular complexity index is 798. The number of ketones is 2. The average molecular weight is 332 g/mol. The highest BCUT2D eigenvalue weighted by Gasteiger charge is 2.31. The van der Waals surface area contributed by atoms with Crippen LogP contribution in [0.1, 0.15) is 59.5 Å². The van der Waals surface area contributed by atoms with Crippen molar-refractivity contribution in [3.05, 3.63) is 95.1 Å². The Balaban J connectivity index is 2.70. The third kappa shape index (κ3) is 3.53. The molecular formula is C23H24O2. The summed E-state index contributed by atoms with van der Waals surface area (Å²) >= 11 is 0. The van der Waals surface area contributed by atoms with Crippen LogP contribution in [0.3, 0.4) is 0 Å². The zero-order valence-electron chi connectivity index (χ0n) is 15.3. The molecule has 2 aromatic carbocycles. The summed E-state index contributed by atoms with van der Waals surface area (Å²) in [5.41, 5.74) is 3.47. The number of carbonyl (C=O) groups is 2. The molecule has 0 aliphatic rings. The lowest BCUT2D eigenvalue weighted by Gasteiger charge is -2.30. The molecule has 0 amide bonds. The van der Waals surface area contributed by atoms with Gasteiger partial charge in [-0.3, -0.25) is 9.59 Å². The molecule has 0 fully saturated rings. The van der Waals surface area contributed by atoms with Crippen molar-refractivity contribution in [1.82, 2.24) is 0 Å². The van der Waals surface area contributed by atoms with Crippen LogP contribution >= 0.6 is 0 Å². The summed E-state index contributed by atoms with van der Waals surface area (Å²) in [6.45, 7) is 15.0. The van der Waals surface area contributed by atoms with Gasteiger partial charge in [-0.15, -0.1) is 0 Å². The first kappa shape index (κ1) is 18.6. The van der Waals surface area contributed by atoms with Gasteiger partial charge in [-0.2, -0.15) is 0 Å². The standard InChI is InChI=1S/C23H24O2/c1-15(2)21(24)17-11-7-9-13-19(17)23(5,6)20-14-10-8-12-18(20)22(25)16(3)4/h7-14H,1,3H2,2,4-6H3. The Morgan fingerprint density at radius 2 is 1.04 bits per heavy atom. The van der Waals surface area contributed by atoms with E-state index in [-0.39, 0.29) is 11.6 Å². The van der Waals surface area contributed by atoms with Gasteiger partial charge < -0.3 is 0 Å². The van der Waals surface area contributed by atoms with Crippen LogP contribution in [0.2, 0.25) is 0 Å². The predicted octanol–water partition coefficient (Wildman–Crippen LogP) is 5.53. The molecule has 2 heteroatoms. The van der Waals surface area contributed by atoms with Crippen molar-refractivity contribution >= 4 is 11.6 Å². The van der Waals surface area contributed by atoms with Crippen molar-refractivity contribution in [2.75, 3.05) is 0 Å². The predicted molar refractivity (Wildman–Crippen MR) is 103 cm³/mol. The fraction of sp³-hybridized carbons (Fsp3) is 0.217. The lowest BCUT2D eigenvalue weighted by atomic mass is 9.72. The number of benzene rings is 2. The summed E-state index contributed by atoms with van der Waals surface area (Å²) < 4.78 is 0. The van der Waals surface area contributed by atoms with Gasteiger partial charge in [-0.1, -0.05) is 75.5 Å². The summed E-state index contributed by atoms with van der Waals surface area (Å²) in [7, 11) is 0. The van der Waals surface area contributed by atoms with Crippen molar-refractivity contribution in [2.24, 2.45) is 0 Å². The molecule has 0 radical (unpaired) electrons. The minimum atomic E-state index is -0.524. The Morgan fingerprint density at radius 1 is 0.720 bits per heavy atom. The van der Waals surface area contributed by atoms with Crippen LogP contribution in [-0.2, 0) is 5.41 Å². The van der Waals surface area contributed by atoms with Gasteiger partial charge in [0.25, 0.3) is 0 Å². The summed E-state index contributed by atoms with van der Waals surface area (Å²) in [6.07, 6.45) is 0. The average Bonchev–Trinajstić information content (AvgIpc) is 2.60. The van der Waals surface area contributed by atoms with Gasteiger partial charge >= 0.3 is 0 Å². The van der Waals surface area contributed by atoms with E-state index in [4.69, 9.17) is 0 Å². The van der Waals surface area contributed by atoms with Crippen LogP contribution in [-0.4, -0.2) is 11.6 Å². The molecule has 0 aromatic heterocycles. The molecule has 2 rings (SSSR count). The third-order valence-corrected chi connectivity index (χ3v) is 4.47. The number of Topliss-reactive ketones (excluding diaryl/α,β-unsaturated/α-hetero) is 2. The zero-order valence-corrected chi connectivity index (χ0v) is 15.3. The summed E-state index contributed by atoms with van der Waals surface area (Å²) in [5, 5.41) is 0. The Morgan fingerprint density at radius 3 is 1.36 bits per heavy atom. The van der Waals surface area contributed by atoms with Crippen molar-refractivity contribution in [2.45, 2.75) is 33.1 Å². The highest BCUT2D eigenvalue weighted by atomic mass is 16.1. The van der Waals surface area contributed by atoms with Crippen molar-refractivity contribution in [1.29, 1.82) is 0 Å². The molecule has 25 heavy (non-hydrogen) atoms. The summed E-state index contributed by atoms with van der Waals surface area (Å²) in [5.74, 6) is -0.153. The Kier molecular flexibility index (Phi) is 5.22. The van der Waals surface area contributed by atoms with Crippen LogP contribution in [0, 0.1) is 0 Å². The molecule has 2 nitrogen and oxygen atoms in total. The molecule has 2 aromatic rings. The van der Waals surface area contributed by atoms with E-state index in [0.29, 0.717) is 22.3 Å². The number of hydrogen-bond donors (Lipinski definition) is 0. The quantitative estimate of drug-likeness (QED) is 0.515. The fourth-order valence-corrected chi connectivity index (χ4v) is 3.06. The Hall–Kier alpha value is -2.74. The number of allylic oxidation sites excluding steroid dienone is 2. The second kappa shape index (κ2) is 7.02. The first-order chi connectivity index (χ1) is 11.7. The summed E-state index contributed by atoms with van der Waals surface area (Å²) in [6, 6.07) is 15.0. The third-order valence-electron chi connectivity index (χ3n) is 4.47. The highest BCUT2D eigenvalue weighted by molar-refractivity contribution is 6.10. The van der Waals surface area contributed by atoms with Crippen LogP contribution in [0.15, 0.2) is 72.8 Å². The fourth-order valence-electron chi connectivity index (χ4n) is 3.06. The van der Waals surface area contributed by atoms with Crippen molar-refractivity contribution < 1.29 is 9.59 Å². The van der Waals surface area contributed by atoms with Crippen LogP contribution in [0.25, 0.3) is 0 Å². The van der Waals surface area contributed by atoms with E-state index in [9.17, 15) is 9.59 Å². The highest BCUT2D eigenvalue weighted by Crippen LogP contribution is 2.36. The van der Waals surface area contributed by atoms with Crippen molar-refractivity contribution in [3.63, 3.8) is 0 Å². The zero-order chi connectivity index (χ0) is 18.8. The largest absolute Gasteiger partial charge is 0.289 e. The Labute approximate surface area is 149 Å². The van der Waals surface area contributed by atoms with Crippen LogP contribution in [0.4, 0.5) is 0 Å². The van der Waals surface area contributed by atoms with Gasteiger partial charge in [0.2, 0.25) is 0 Å². The molecular weight excluding hydrogens is 308 g/mol. The van der Waals surface area contributed by atoms with E-state index in [1.165, 1.54) is 0 Å². The minimum absolute atomic E-state index is 0.0765. The van der Waals surface area contributed by atoms with E-state index in [1.807, 2.05) is 62.4 Å². The van der Waals surface area contributed by atoms with Gasteiger partial charge in [0.05, 0.1) is 0 Å². The molecule has 0 aliphatic heterocycles. The molecule has 128 valence electrons. The molecule has 0 heterocycles. The maximum Gasteiger partial charge on any atom is 0.188 e. The van der Waals surface area contributed by atoms with Crippen LogP contribution in [0.5, 0.6) is 0 Å². The topological polar surface area (TPSA) is 34.1 Å². The lowest BCUT2D eigenvalue weighted by Crippen LogP contribution is -2.25. The van der Waals surface area contributed by atoms with Gasteiger partial charge in [-0.25, -0.2) is 0 Å². The van der Waals surface area contributed by atoms with Gasteiger partial charge in [0.15, 0.2) is 11.6 Å². The maximum absolute atomic E-state index is 12.6. The molecule has 0 saturated heterocycles. The SMILES string of the molecule is C=C(C)C(=O)c1ccccc1C(C)(C)c1ccccc1C(=O)C(=C)C. The molecule has 0 aliphatic carbocycles. The number of rotatable bonds is 6. The summed E-state index contributed by atoms with van der Waals surface area (Å²) in [4.78, 5) is 25.2. The number of hydrogen-bond acceptors (Lipinski definition) is 2. The van der Waals surface area contributed by atoms with Gasteiger partial charge in [-0.05, 0) is 36.1 Å². The lowest BCUT2D eigenvalue weighted by molar-refractivity contribution is 0.102. The molecule has 0 bridgehead atoms. The number of carbonyl (C=O) groups excluding carboxylic acids is 2. The molecule has 0 unspecified atom stereocenters. The van der Waals surface area contributed by atoms with E-state index in [2.05, 4.69) is 13.2 Å². The minimum Gasteiger partial charge on any atom is -0.289 e. The molecule has 0 atom stereocenters. The van der Waals surface area contributed by atoms with Crippen molar-refractivity contribution in [3.8, 4) is 0 Å². The second-order valence-corrected chi connectivity index (χ2v) is 6.94. The monoisotopic (exact) mass is 332 g/mol. The smallest absolute Gasteiger partial charge is 0.188 e. The molecule has 0 saturated carbocycles. The normalized spacial score (nSPS) is 11.0. The van der Waals surface area contributed by atoms with E-state index in [1.54, 1.807) is 13.8 Å². The van der Waals surface area contributed by atoms with Crippen LogP contribution < -0.4 is 0 Å². The second-order valence-electron chi connectivity index (χ2n) is 6.94. The van der Waals surface area contributed by atoms with Gasteiger partial charge in [0, 0.05) is 16.5 Å². The van der Waals surface area contributed by atoms with E-state index in [0.717, 1.165) is 11.1 Å². The molecule has 0 spiro atoms. The molecule has 0 N–H and O–H groups in total. The van der Waals surface area contributed by atoms with E-state index < -0.39 is 5.41 Å².